The Hall–Kier alpha value is -1.50. The Morgan fingerprint density at radius 3 is 2.92 bits per heavy atom. The third-order valence-corrected chi connectivity index (χ3v) is 5.47. The molecule has 0 aliphatic rings. The lowest BCUT2D eigenvalue weighted by Crippen LogP contribution is -1.91. The predicted octanol–water partition coefficient (Wildman–Crippen LogP) is 5.70. The molecule has 0 spiro atoms. The van der Waals surface area contributed by atoms with Crippen molar-refractivity contribution in [3.05, 3.63) is 57.5 Å². The molecule has 0 bridgehead atoms. The molecule has 0 aliphatic heterocycles. The average Bonchev–Trinajstić information content (AvgIpc) is 2.83. The normalized spacial score (nSPS) is 11.1. The Bertz CT molecular complexity index is 926. The summed E-state index contributed by atoms with van der Waals surface area (Å²) in [6, 6.07) is 7.83. The molecule has 0 amide bonds. The SMILES string of the molecule is C=C(O)Cc1cccc(Sc2nc(Cl)c3c(Br)c(CC)[nH]c3n2)c1. The Kier molecular flexibility index (Phi) is 5.18. The number of nitrogens with zero attached hydrogens (tertiary/aromatic N) is 2. The van der Waals surface area contributed by atoms with Crippen LogP contribution in [-0.2, 0) is 12.8 Å². The number of allylic oxidation sites excluding steroid dienone is 1. The van der Waals surface area contributed by atoms with Crippen molar-refractivity contribution in [2.45, 2.75) is 29.8 Å². The first-order valence-electron chi connectivity index (χ1n) is 7.35. The molecule has 0 fully saturated rings. The Morgan fingerprint density at radius 2 is 2.21 bits per heavy atom. The second-order valence-electron chi connectivity index (χ2n) is 5.28. The molecule has 3 aromatic rings. The van der Waals surface area contributed by atoms with Gasteiger partial charge in [-0.1, -0.05) is 37.2 Å². The van der Waals surface area contributed by atoms with E-state index in [-0.39, 0.29) is 5.76 Å². The summed E-state index contributed by atoms with van der Waals surface area (Å²) in [5, 5.41) is 11.1. The zero-order chi connectivity index (χ0) is 17.3. The van der Waals surface area contributed by atoms with Crippen LogP contribution in [0.25, 0.3) is 11.0 Å². The molecule has 3 rings (SSSR count). The number of aromatic amines is 1. The molecule has 4 nitrogen and oxygen atoms in total. The lowest BCUT2D eigenvalue weighted by molar-refractivity contribution is 0.401. The van der Waals surface area contributed by atoms with Gasteiger partial charge in [0.05, 0.1) is 15.6 Å². The summed E-state index contributed by atoms with van der Waals surface area (Å²) in [5.74, 6) is 0.140. The summed E-state index contributed by atoms with van der Waals surface area (Å²) in [6.07, 6.45) is 1.28. The molecular weight excluding hydrogens is 410 g/mol. The van der Waals surface area contributed by atoms with E-state index in [0.29, 0.717) is 16.7 Å². The van der Waals surface area contributed by atoms with Crippen LogP contribution in [0.15, 0.2) is 51.1 Å². The fourth-order valence-electron chi connectivity index (χ4n) is 2.40. The first-order valence-corrected chi connectivity index (χ1v) is 9.33. The first kappa shape index (κ1) is 17.3. The van der Waals surface area contributed by atoms with Crippen molar-refractivity contribution in [1.29, 1.82) is 0 Å². The number of halogens is 2. The highest BCUT2D eigenvalue weighted by atomic mass is 79.9. The fourth-order valence-corrected chi connectivity index (χ4v) is 4.42. The van der Waals surface area contributed by atoms with Gasteiger partial charge in [-0.05, 0) is 51.8 Å². The van der Waals surface area contributed by atoms with Crippen LogP contribution in [0.4, 0.5) is 0 Å². The third kappa shape index (κ3) is 3.61. The molecule has 2 N–H and O–H groups in total. The predicted molar refractivity (Wildman–Crippen MR) is 102 cm³/mol. The highest BCUT2D eigenvalue weighted by Crippen LogP contribution is 2.35. The fraction of sp³-hybridized carbons (Fsp3) is 0.176. The van der Waals surface area contributed by atoms with Crippen LogP contribution < -0.4 is 0 Å². The van der Waals surface area contributed by atoms with E-state index in [1.807, 2.05) is 24.3 Å². The van der Waals surface area contributed by atoms with Crippen molar-refractivity contribution < 1.29 is 5.11 Å². The molecule has 7 heteroatoms. The van der Waals surface area contributed by atoms with E-state index in [2.05, 4.69) is 44.4 Å². The van der Waals surface area contributed by atoms with E-state index in [4.69, 9.17) is 11.6 Å². The van der Waals surface area contributed by atoms with E-state index in [9.17, 15) is 5.11 Å². The zero-order valence-corrected chi connectivity index (χ0v) is 16.1. The highest BCUT2D eigenvalue weighted by Gasteiger charge is 2.15. The second-order valence-corrected chi connectivity index (χ2v) is 7.48. The number of hydrogen-bond donors (Lipinski definition) is 2. The summed E-state index contributed by atoms with van der Waals surface area (Å²) in [4.78, 5) is 13.2. The zero-order valence-electron chi connectivity index (χ0n) is 12.9. The largest absolute Gasteiger partial charge is 0.513 e. The molecule has 2 aromatic heterocycles. The molecular formula is C17H15BrClN3OS. The maximum atomic E-state index is 9.34. The second kappa shape index (κ2) is 7.17. The van der Waals surface area contributed by atoms with Crippen molar-refractivity contribution >= 4 is 50.3 Å². The summed E-state index contributed by atoms with van der Waals surface area (Å²) in [5.41, 5.74) is 2.75. The summed E-state index contributed by atoms with van der Waals surface area (Å²) < 4.78 is 0.921. The molecule has 0 saturated heterocycles. The number of benzene rings is 1. The van der Waals surface area contributed by atoms with Gasteiger partial charge >= 0.3 is 0 Å². The van der Waals surface area contributed by atoms with Crippen LogP contribution in [0.1, 0.15) is 18.2 Å². The molecule has 0 aliphatic carbocycles. The molecule has 24 heavy (non-hydrogen) atoms. The van der Waals surface area contributed by atoms with Gasteiger partial charge in [0.25, 0.3) is 0 Å². The molecule has 0 atom stereocenters. The number of nitrogens with one attached hydrogen (secondary N) is 1. The van der Waals surface area contributed by atoms with Crippen LogP contribution in [0.3, 0.4) is 0 Å². The minimum atomic E-state index is 0.140. The van der Waals surface area contributed by atoms with Crippen molar-refractivity contribution in [2.24, 2.45) is 0 Å². The molecule has 0 radical (unpaired) electrons. The average molecular weight is 425 g/mol. The molecule has 1 aromatic carbocycles. The van der Waals surface area contributed by atoms with Crippen LogP contribution in [0, 0.1) is 0 Å². The molecule has 124 valence electrons. The van der Waals surface area contributed by atoms with Gasteiger partial charge in [-0.25, -0.2) is 9.97 Å². The number of aryl methyl sites for hydroxylation is 1. The van der Waals surface area contributed by atoms with Crippen molar-refractivity contribution in [2.75, 3.05) is 0 Å². The number of aliphatic hydroxyl groups excluding tert-OH is 1. The Balaban J connectivity index is 1.94. The Morgan fingerprint density at radius 1 is 1.42 bits per heavy atom. The van der Waals surface area contributed by atoms with E-state index in [1.54, 1.807) is 0 Å². The summed E-state index contributed by atoms with van der Waals surface area (Å²) in [6.45, 7) is 5.59. The maximum absolute atomic E-state index is 9.34. The van der Waals surface area contributed by atoms with Gasteiger partial charge in [0.1, 0.15) is 10.8 Å². The lowest BCUT2D eigenvalue weighted by Gasteiger charge is -2.05. The van der Waals surface area contributed by atoms with Gasteiger partial charge in [0.15, 0.2) is 5.16 Å². The van der Waals surface area contributed by atoms with Crippen LogP contribution in [0.2, 0.25) is 5.15 Å². The van der Waals surface area contributed by atoms with E-state index >= 15 is 0 Å². The quantitative estimate of drug-likeness (QED) is 0.313. The Labute approximate surface area is 157 Å². The van der Waals surface area contributed by atoms with Crippen molar-refractivity contribution in [1.82, 2.24) is 15.0 Å². The van der Waals surface area contributed by atoms with Crippen LogP contribution in [-0.4, -0.2) is 20.1 Å². The van der Waals surface area contributed by atoms with Crippen LogP contribution in [0.5, 0.6) is 0 Å². The number of aromatic nitrogens is 3. The smallest absolute Gasteiger partial charge is 0.195 e. The van der Waals surface area contributed by atoms with Crippen LogP contribution >= 0.6 is 39.3 Å². The molecule has 0 saturated carbocycles. The van der Waals surface area contributed by atoms with Crippen molar-refractivity contribution in [3.8, 4) is 0 Å². The third-order valence-electron chi connectivity index (χ3n) is 3.47. The number of rotatable bonds is 5. The number of fused-ring (bicyclic) bond motifs is 1. The summed E-state index contributed by atoms with van der Waals surface area (Å²) in [7, 11) is 0. The summed E-state index contributed by atoms with van der Waals surface area (Å²) >= 11 is 11.3. The van der Waals surface area contributed by atoms with Gasteiger partial charge in [0.2, 0.25) is 0 Å². The monoisotopic (exact) mass is 423 g/mol. The molecule has 0 unspecified atom stereocenters. The number of aliphatic hydroxyl groups is 1. The van der Waals surface area contributed by atoms with Gasteiger partial charge in [0, 0.05) is 17.0 Å². The van der Waals surface area contributed by atoms with Crippen molar-refractivity contribution in [3.63, 3.8) is 0 Å². The topological polar surface area (TPSA) is 61.8 Å². The first-order chi connectivity index (χ1) is 11.5. The highest BCUT2D eigenvalue weighted by molar-refractivity contribution is 9.10. The van der Waals surface area contributed by atoms with E-state index in [1.165, 1.54) is 11.8 Å². The van der Waals surface area contributed by atoms with E-state index < -0.39 is 0 Å². The number of hydrogen-bond acceptors (Lipinski definition) is 4. The number of H-pyrrole nitrogens is 1. The van der Waals surface area contributed by atoms with Gasteiger partial charge in [-0.2, -0.15) is 0 Å². The lowest BCUT2D eigenvalue weighted by atomic mass is 10.1. The minimum absolute atomic E-state index is 0.140. The van der Waals surface area contributed by atoms with Gasteiger partial charge in [-0.3, -0.25) is 0 Å². The standard InChI is InChI=1S/C17H15BrClN3OS/c1-3-12-14(18)13-15(19)21-17(22-16(13)20-12)24-11-6-4-5-10(8-11)7-9(2)23/h4-6,8,23H,2-3,7H2,1H3,(H,20,21,22). The van der Waals surface area contributed by atoms with E-state index in [0.717, 1.165) is 38.1 Å². The molecule has 2 heterocycles. The maximum Gasteiger partial charge on any atom is 0.195 e. The minimum Gasteiger partial charge on any atom is -0.513 e. The van der Waals surface area contributed by atoms with Gasteiger partial charge in [-0.15, -0.1) is 0 Å². The van der Waals surface area contributed by atoms with Gasteiger partial charge < -0.3 is 10.1 Å².